The molecule has 2 aromatic rings. The average Bonchev–Trinajstić information content (AvgIpc) is 2.39. The van der Waals surface area contributed by atoms with Gasteiger partial charge < -0.3 is 5.73 Å². The van der Waals surface area contributed by atoms with Crippen molar-refractivity contribution in [2.24, 2.45) is 0 Å². The Kier molecular flexibility index (Phi) is 4.40. The second-order valence-corrected chi connectivity index (χ2v) is 6.92. The lowest BCUT2D eigenvalue weighted by Gasteiger charge is -2.11. The second-order valence-electron chi connectivity index (χ2n) is 4.01. The average molecular weight is 398 g/mol. The number of nitrogens with one attached hydrogen (secondary N) is 1. The number of anilines is 2. The molecule has 0 spiro atoms. The minimum Gasteiger partial charge on any atom is -0.394 e. The van der Waals surface area contributed by atoms with E-state index >= 15 is 0 Å². The summed E-state index contributed by atoms with van der Waals surface area (Å²) in [6, 6.07) is 5.87. The molecule has 0 amide bonds. The fourth-order valence-electron chi connectivity index (χ4n) is 1.53. The Morgan fingerprint density at radius 1 is 1.19 bits per heavy atom. The van der Waals surface area contributed by atoms with Crippen LogP contribution in [0.2, 0.25) is 5.02 Å². The van der Waals surface area contributed by atoms with E-state index in [0.717, 1.165) is 12.1 Å². The third kappa shape index (κ3) is 3.28. The van der Waals surface area contributed by atoms with Crippen LogP contribution in [-0.2, 0) is 10.0 Å². The van der Waals surface area contributed by atoms with Crippen molar-refractivity contribution in [1.82, 2.24) is 0 Å². The van der Waals surface area contributed by atoms with E-state index in [1.807, 2.05) is 0 Å². The molecule has 0 aromatic heterocycles. The minimum atomic E-state index is -4.26. The summed E-state index contributed by atoms with van der Waals surface area (Å²) in [5, 5.41) is 0.272. The van der Waals surface area contributed by atoms with Gasteiger partial charge in [0.05, 0.1) is 10.7 Å². The van der Waals surface area contributed by atoms with E-state index in [1.165, 1.54) is 18.2 Å². The molecule has 0 heterocycles. The third-order valence-corrected chi connectivity index (χ3v) is 5.18. The summed E-state index contributed by atoms with van der Waals surface area (Å²) in [4.78, 5) is -0.750. The molecule has 4 nitrogen and oxygen atoms in total. The summed E-state index contributed by atoms with van der Waals surface area (Å²) in [6.07, 6.45) is 0. The van der Waals surface area contributed by atoms with Gasteiger partial charge in [-0.2, -0.15) is 0 Å². The molecular weight excluding hydrogens is 390 g/mol. The summed E-state index contributed by atoms with van der Waals surface area (Å²) in [5.74, 6) is -2.37. The van der Waals surface area contributed by atoms with Crippen molar-refractivity contribution in [1.29, 1.82) is 0 Å². The smallest absolute Gasteiger partial charge is 0.264 e. The van der Waals surface area contributed by atoms with E-state index in [-0.39, 0.29) is 10.7 Å². The van der Waals surface area contributed by atoms with Gasteiger partial charge in [0, 0.05) is 4.47 Å². The number of rotatable bonds is 3. The van der Waals surface area contributed by atoms with Crippen molar-refractivity contribution in [2.45, 2.75) is 4.90 Å². The number of benzene rings is 2. The van der Waals surface area contributed by atoms with Gasteiger partial charge in [0.15, 0.2) is 5.82 Å². The number of sulfonamides is 1. The molecule has 0 aliphatic rings. The van der Waals surface area contributed by atoms with Gasteiger partial charge in [-0.3, -0.25) is 4.72 Å². The number of halogens is 4. The molecule has 0 aliphatic heterocycles. The highest BCUT2D eigenvalue weighted by Gasteiger charge is 2.22. The van der Waals surface area contributed by atoms with E-state index in [4.69, 9.17) is 17.3 Å². The van der Waals surface area contributed by atoms with Crippen LogP contribution in [0, 0.1) is 11.6 Å². The van der Waals surface area contributed by atoms with Crippen LogP contribution in [0.4, 0.5) is 20.2 Å². The van der Waals surface area contributed by atoms with Crippen molar-refractivity contribution >= 4 is 48.9 Å². The Bertz CT molecular complexity index is 815. The van der Waals surface area contributed by atoms with E-state index < -0.39 is 32.2 Å². The molecule has 0 aliphatic carbocycles. The van der Waals surface area contributed by atoms with E-state index in [2.05, 4.69) is 20.7 Å². The molecule has 0 fully saturated rings. The number of nitrogens with two attached hydrogens (primary N) is 1. The lowest BCUT2D eigenvalue weighted by molar-refractivity contribution is 0.557. The number of hydrogen-bond donors (Lipinski definition) is 2. The van der Waals surface area contributed by atoms with Crippen LogP contribution in [0.25, 0.3) is 0 Å². The normalized spacial score (nSPS) is 11.4. The van der Waals surface area contributed by atoms with Gasteiger partial charge in [-0.15, -0.1) is 0 Å². The highest BCUT2D eigenvalue weighted by Crippen LogP contribution is 2.28. The Labute approximate surface area is 133 Å². The molecule has 0 bridgehead atoms. The first-order valence-corrected chi connectivity index (χ1v) is 8.09. The predicted octanol–water partition coefficient (Wildman–Crippen LogP) is 3.76. The molecule has 2 aromatic carbocycles. The Hall–Kier alpha value is -1.38. The first kappa shape index (κ1) is 16.0. The fourth-order valence-corrected chi connectivity index (χ4v) is 3.09. The van der Waals surface area contributed by atoms with Gasteiger partial charge in [0.2, 0.25) is 0 Å². The van der Waals surface area contributed by atoms with E-state index in [0.29, 0.717) is 4.47 Å². The van der Waals surface area contributed by atoms with E-state index in [1.54, 1.807) is 0 Å². The molecule has 0 unspecified atom stereocenters. The molecule has 2 rings (SSSR count). The maximum atomic E-state index is 13.8. The summed E-state index contributed by atoms with van der Waals surface area (Å²) < 4.78 is 53.8. The summed E-state index contributed by atoms with van der Waals surface area (Å²) >= 11 is 9.00. The zero-order chi connectivity index (χ0) is 15.8. The van der Waals surface area contributed by atoms with Crippen LogP contribution < -0.4 is 10.5 Å². The van der Waals surface area contributed by atoms with Crippen LogP contribution >= 0.6 is 27.5 Å². The van der Waals surface area contributed by atoms with Crippen molar-refractivity contribution in [3.63, 3.8) is 0 Å². The van der Waals surface area contributed by atoms with Gasteiger partial charge >= 0.3 is 0 Å². The first-order chi connectivity index (χ1) is 9.72. The molecule has 21 heavy (non-hydrogen) atoms. The molecular formula is C12H8BrClF2N2O2S. The van der Waals surface area contributed by atoms with Crippen molar-refractivity contribution in [2.75, 3.05) is 10.5 Å². The Balaban J connectivity index is 2.43. The summed E-state index contributed by atoms with van der Waals surface area (Å²) in [5.41, 5.74) is 4.42. The number of hydrogen-bond acceptors (Lipinski definition) is 3. The van der Waals surface area contributed by atoms with Crippen molar-refractivity contribution in [3.05, 3.63) is 51.5 Å². The maximum absolute atomic E-state index is 13.8. The third-order valence-electron chi connectivity index (χ3n) is 2.55. The molecule has 0 saturated carbocycles. The Morgan fingerprint density at radius 3 is 2.48 bits per heavy atom. The van der Waals surface area contributed by atoms with Crippen molar-refractivity contribution < 1.29 is 17.2 Å². The van der Waals surface area contributed by atoms with Gasteiger partial charge in [-0.25, -0.2) is 17.2 Å². The summed E-state index contributed by atoms with van der Waals surface area (Å²) in [7, 11) is -4.26. The lowest BCUT2D eigenvalue weighted by atomic mass is 10.3. The molecule has 9 heteroatoms. The van der Waals surface area contributed by atoms with Gasteiger partial charge in [0.1, 0.15) is 16.4 Å². The Morgan fingerprint density at radius 2 is 1.86 bits per heavy atom. The van der Waals surface area contributed by atoms with Crippen LogP contribution in [0.5, 0.6) is 0 Å². The minimum absolute atomic E-state index is 0.130. The highest BCUT2D eigenvalue weighted by atomic mass is 79.9. The van der Waals surface area contributed by atoms with Crippen LogP contribution in [0.15, 0.2) is 39.7 Å². The monoisotopic (exact) mass is 396 g/mol. The molecule has 0 radical (unpaired) electrons. The van der Waals surface area contributed by atoms with Crippen LogP contribution in [0.1, 0.15) is 0 Å². The lowest BCUT2D eigenvalue weighted by Crippen LogP contribution is -2.16. The quantitative estimate of drug-likeness (QED) is 0.775. The molecule has 3 N–H and O–H groups in total. The zero-order valence-electron chi connectivity index (χ0n) is 10.2. The fraction of sp³-hybridized carbons (Fsp3) is 0. The van der Waals surface area contributed by atoms with E-state index in [9.17, 15) is 17.2 Å². The number of nitrogen functional groups attached to an aromatic ring is 1. The first-order valence-electron chi connectivity index (χ1n) is 5.43. The maximum Gasteiger partial charge on any atom is 0.264 e. The predicted molar refractivity (Wildman–Crippen MR) is 80.7 cm³/mol. The van der Waals surface area contributed by atoms with Gasteiger partial charge in [-0.1, -0.05) is 11.6 Å². The summed E-state index contributed by atoms with van der Waals surface area (Å²) in [6.45, 7) is 0. The van der Waals surface area contributed by atoms with Crippen molar-refractivity contribution in [3.8, 4) is 0 Å². The zero-order valence-corrected chi connectivity index (χ0v) is 13.4. The van der Waals surface area contributed by atoms with Gasteiger partial charge in [0.25, 0.3) is 10.0 Å². The molecule has 112 valence electrons. The highest BCUT2D eigenvalue weighted by molar-refractivity contribution is 9.10. The van der Waals surface area contributed by atoms with Crippen LogP contribution in [0.3, 0.4) is 0 Å². The standard InChI is InChI=1S/C12H8BrClF2N2O2S/c13-7-2-1-6(5-8(7)14)18-21(19,20)10-4-3-9(15)12(17)11(10)16/h1-5,18H,17H2. The topological polar surface area (TPSA) is 72.2 Å². The second kappa shape index (κ2) is 5.78. The van der Waals surface area contributed by atoms with Gasteiger partial charge in [-0.05, 0) is 46.3 Å². The van der Waals surface area contributed by atoms with Crippen LogP contribution in [-0.4, -0.2) is 8.42 Å². The SMILES string of the molecule is Nc1c(F)ccc(S(=O)(=O)Nc2ccc(Br)c(Cl)c2)c1F. The molecule has 0 saturated heterocycles. The largest absolute Gasteiger partial charge is 0.394 e. The molecule has 0 atom stereocenters.